The van der Waals surface area contributed by atoms with Crippen LogP contribution in [0.25, 0.3) is 0 Å². The Morgan fingerprint density at radius 1 is 0.882 bits per heavy atom. The Kier molecular flexibility index (Phi) is 9.37. The third kappa shape index (κ3) is 6.91. The van der Waals surface area contributed by atoms with Crippen LogP contribution in [0.3, 0.4) is 0 Å². The molecule has 6 nitrogen and oxygen atoms in total. The second-order valence-electron chi connectivity index (χ2n) is 2.95. The van der Waals surface area contributed by atoms with Crippen LogP contribution >= 0.6 is 0 Å². The molecule has 0 aliphatic rings. The number of hydrogen-bond acceptors (Lipinski definition) is 6. The molecule has 0 amide bonds. The van der Waals surface area contributed by atoms with Crippen LogP contribution in [0.2, 0.25) is 0 Å². The van der Waals surface area contributed by atoms with Crippen molar-refractivity contribution in [1.29, 1.82) is 0 Å². The lowest BCUT2D eigenvalue weighted by Crippen LogP contribution is -2.37. The first-order valence-electron chi connectivity index (χ1n) is 5.69. The topological polar surface area (TPSA) is 71.1 Å². The Morgan fingerprint density at radius 2 is 1.41 bits per heavy atom. The summed E-state index contributed by atoms with van der Waals surface area (Å²) in [7, 11) is 0. The van der Waals surface area contributed by atoms with E-state index in [1.54, 1.807) is 13.8 Å². The Labute approximate surface area is 101 Å². The summed E-state index contributed by atoms with van der Waals surface area (Å²) < 4.78 is 19.6. The molecule has 6 heteroatoms. The summed E-state index contributed by atoms with van der Waals surface area (Å²) in [5.41, 5.74) is 0. The number of carbonyl (C=O) groups excluding carboxylic acids is 2. The average Bonchev–Trinajstić information content (AvgIpc) is 2.29. The van der Waals surface area contributed by atoms with Gasteiger partial charge in [-0.2, -0.15) is 0 Å². The van der Waals surface area contributed by atoms with E-state index in [2.05, 4.69) is 0 Å². The van der Waals surface area contributed by atoms with Gasteiger partial charge in [0.05, 0.1) is 26.4 Å². The maximum Gasteiger partial charge on any atom is 0.347 e. The van der Waals surface area contributed by atoms with Crippen molar-refractivity contribution in [3.63, 3.8) is 0 Å². The SMILES string of the molecule is CCOCCOC(C(=O)OCC)C(=O)OCC. The van der Waals surface area contributed by atoms with Gasteiger partial charge >= 0.3 is 11.9 Å². The largest absolute Gasteiger partial charge is 0.464 e. The molecule has 0 radical (unpaired) electrons. The van der Waals surface area contributed by atoms with Crippen molar-refractivity contribution in [3.05, 3.63) is 0 Å². The lowest BCUT2D eigenvalue weighted by Gasteiger charge is -2.14. The Hall–Kier alpha value is -1.14. The first kappa shape index (κ1) is 15.9. The second kappa shape index (κ2) is 10.0. The molecule has 0 atom stereocenters. The predicted molar refractivity (Wildman–Crippen MR) is 59.5 cm³/mol. The molecule has 0 saturated heterocycles. The summed E-state index contributed by atoms with van der Waals surface area (Å²) in [6.07, 6.45) is -1.32. The lowest BCUT2D eigenvalue weighted by molar-refractivity contribution is -0.173. The average molecular weight is 248 g/mol. The highest BCUT2D eigenvalue weighted by atomic mass is 16.6. The molecule has 0 aromatic rings. The number of esters is 2. The van der Waals surface area contributed by atoms with Crippen LogP contribution in [0.4, 0.5) is 0 Å². The third-order valence-corrected chi connectivity index (χ3v) is 1.72. The van der Waals surface area contributed by atoms with Gasteiger partial charge in [-0.15, -0.1) is 0 Å². The zero-order valence-electron chi connectivity index (χ0n) is 10.6. The fourth-order valence-corrected chi connectivity index (χ4v) is 1.04. The van der Waals surface area contributed by atoms with E-state index in [-0.39, 0.29) is 19.8 Å². The van der Waals surface area contributed by atoms with Gasteiger partial charge in [-0.05, 0) is 20.8 Å². The highest BCUT2D eigenvalue weighted by molar-refractivity contribution is 5.98. The number of carbonyl (C=O) groups is 2. The number of ether oxygens (including phenoxy) is 4. The Bertz CT molecular complexity index is 210. The summed E-state index contributed by atoms with van der Waals surface area (Å²) in [6, 6.07) is 0. The monoisotopic (exact) mass is 248 g/mol. The minimum atomic E-state index is -1.32. The summed E-state index contributed by atoms with van der Waals surface area (Å²) in [5, 5.41) is 0. The van der Waals surface area contributed by atoms with Crippen LogP contribution in [0.15, 0.2) is 0 Å². The highest BCUT2D eigenvalue weighted by Crippen LogP contribution is 2.00. The first-order valence-corrected chi connectivity index (χ1v) is 5.69. The van der Waals surface area contributed by atoms with Gasteiger partial charge in [0.2, 0.25) is 0 Å². The molecule has 0 spiro atoms. The number of hydrogen-bond donors (Lipinski definition) is 0. The van der Waals surface area contributed by atoms with Gasteiger partial charge in [0.1, 0.15) is 0 Å². The molecule has 0 bridgehead atoms. The molecule has 0 aromatic heterocycles. The molecular formula is C11H20O6. The van der Waals surface area contributed by atoms with Gasteiger partial charge in [-0.25, -0.2) is 9.59 Å². The molecule has 0 aliphatic carbocycles. The second-order valence-corrected chi connectivity index (χ2v) is 2.95. The summed E-state index contributed by atoms with van der Waals surface area (Å²) in [5.74, 6) is -1.47. The minimum absolute atomic E-state index is 0.135. The fourth-order valence-electron chi connectivity index (χ4n) is 1.04. The van der Waals surface area contributed by atoms with Gasteiger partial charge < -0.3 is 18.9 Å². The third-order valence-electron chi connectivity index (χ3n) is 1.72. The molecule has 0 unspecified atom stereocenters. The molecular weight excluding hydrogens is 228 g/mol. The van der Waals surface area contributed by atoms with Crippen LogP contribution in [-0.4, -0.2) is 51.1 Å². The van der Waals surface area contributed by atoms with Crippen molar-refractivity contribution >= 4 is 11.9 Å². The molecule has 0 saturated carbocycles. The summed E-state index contributed by atoms with van der Waals surface area (Å²) >= 11 is 0. The Morgan fingerprint density at radius 3 is 1.82 bits per heavy atom. The number of rotatable bonds is 9. The molecule has 0 heterocycles. The van der Waals surface area contributed by atoms with Crippen molar-refractivity contribution in [3.8, 4) is 0 Å². The van der Waals surface area contributed by atoms with Crippen LogP contribution < -0.4 is 0 Å². The van der Waals surface area contributed by atoms with Crippen molar-refractivity contribution in [1.82, 2.24) is 0 Å². The Balaban J connectivity index is 4.19. The fraction of sp³-hybridized carbons (Fsp3) is 0.818. The van der Waals surface area contributed by atoms with E-state index in [1.807, 2.05) is 6.92 Å². The molecule has 0 N–H and O–H groups in total. The molecule has 100 valence electrons. The van der Waals surface area contributed by atoms with Gasteiger partial charge in [-0.1, -0.05) is 0 Å². The molecule has 0 fully saturated rings. The van der Waals surface area contributed by atoms with Gasteiger partial charge in [0.15, 0.2) is 0 Å². The van der Waals surface area contributed by atoms with Crippen LogP contribution in [-0.2, 0) is 28.5 Å². The van der Waals surface area contributed by atoms with E-state index in [0.29, 0.717) is 13.2 Å². The normalized spacial score (nSPS) is 10.4. The van der Waals surface area contributed by atoms with Gasteiger partial charge in [0.25, 0.3) is 6.10 Å². The smallest absolute Gasteiger partial charge is 0.347 e. The van der Waals surface area contributed by atoms with E-state index in [1.165, 1.54) is 0 Å². The lowest BCUT2D eigenvalue weighted by atomic mass is 10.3. The molecule has 0 rings (SSSR count). The van der Waals surface area contributed by atoms with E-state index in [9.17, 15) is 9.59 Å². The van der Waals surface area contributed by atoms with E-state index in [0.717, 1.165) is 0 Å². The van der Waals surface area contributed by atoms with Crippen LogP contribution in [0.1, 0.15) is 20.8 Å². The zero-order chi connectivity index (χ0) is 13.1. The van der Waals surface area contributed by atoms with Crippen LogP contribution in [0.5, 0.6) is 0 Å². The van der Waals surface area contributed by atoms with E-state index < -0.39 is 18.0 Å². The minimum Gasteiger partial charge on any atom is -0.464 e. The van der Waals surface area contributed by atoms with Gasteiger partial charge in [0, 0.05) is 6.61 Å². The molecule has 0 aliphatic heterocycles. The van der Waals surface area contributed by atoms with E-state index >= 15 is 0 Å². The highest BCUT2D eigenvalue weighted by Gasteiger charge is 2.30. The standard InChI is InChI=1S/C11H20O6/c1-4-14-7-8-17-9(10(12)15-5-2)11(13)16-6-3/h9H,4-8H2,1-3H3. The van der Waals surface area contributed by atoms with Crippen molar-refractivity contribution in [2.45, 2.75) is 26.9 Å². The van der Waals surface area contributed by atoms with Crippen molar-refractivity contribution in [2.24, 2.45) is 0 Å². The van der Waals surface area contributed by atoms with Crippen molar-refractivity contribution < 1.29 is 28.5 Å². The molecule has 17 heavy (non-hydrogen) atoms. The molecule has 0 aromatic carbocycles. The quantitative estimate of drug-likeness (QED) is 0.337. The predicted octanol–water partition coefficient (Wildman–Crippen LogP) is 0.534. The van der Waals surface area contributed by atoms with Crippen LogP contribution in [0, 0.1) is 0 Å². The first-order chi connectivity index (χ1) is 8.17. The maximum atomic E-state index is 11.4. The maximum absolute atomic E-state index is 11.4. The van der Waals surface area contributed by atoms with Crippen molar-refractivity contribution in [2.75, 3.05) is 33.0 Å². The summed E-state index contributed by atoms with van der Waals surface area (Å²) in [4.78, 5) is 22.9. The van der Waals surface area contributed by atoms with Gasteiger partial charge in [-0.3, -0.25) is 0 Å². The summed E-state index contributed by atoms with van der Waals surface area (Å²) in [6.45, 7) is 6.51. The van der Waals surface area contributed by atoms with E-state index in [4.69, 9.17) is 18.9 Å². The zero-order valence-corrected chi connectivity index (χ0v) is 10.6.